The monoisotopic (exact) mass is 536 g/mol. The molecular weight excluding hydrogens is 504 g/mol. The lowest BCUT2D eigenvalue weighted by molar-refractivity contribution is 0.139. The molecule has 0 fully saturated rings. The Labute approximate surface area is 233 Å². The quantitative estimate of drug-likeness (QED) is 0.184. The molecule has 2 heterocycles. The number of para-hydroxylation sites is 1. The third kappa shape index (κ3) is 6.37. The standard InChI is InChI=1S/C31H32N6O3/c1-2-24(12-9-19-33-31(38)39-20-22-10-5-3-6-11-22)37-30-27(29(32)34-21-35-30)28(36-37)23-15-17-26(18-16-23)40-25-13-7-4-8-14-25/h3-8,10-11,13-18,21,24H,2,9,12,19-20H2,1H3,(H,33,38)(H2,32,34,35). The maximum atomic E-state index is 12.1. The fraction of sp³-hybridized carbons (Fsp3) is 0.226. The van der Waals surface area contributed by atoms with Gasteiger partial charge >= 0.3 is 6.09 Å². The second-order valence-corrected chi connectivity index (χ2v) is 9.38. The number of amides is 1. The average Bonchev–Trinajstić information content (AvgIpc) is 3.38. The molecule has 5 rings (SSSR count). The summed E-state index contributed by atoms with van der Waals surface area (Å²) in [5, 5.41) is 8.52. The molecule has 3 N–H and O–H groups in total. The van der Waals surface area contributed by atoms with Crippen LogP contribution in [-0.2, 0) is 11.3 Å². The highest BCUT2D eigenvalue weighted by Crippen LogP contribution is 2.34. The van der Waals surface area contributed by atoms with E-state index in [0.717, 1.165) is 53.0 Å². The van der Waals surface area contributed by atoms with Crippen LogP contribution >= 0.6 is 0 Å². The number of carbonyl (C=O) groups is 1. The van der Waals surface area contributed by atoms with Gasteiger partial charge in [-0.3, -0.25) is 0 Å². The Hall–Kier alpha value is -4.92. The molecule has 0 aliphatic rings. The molecule has 1 amide bonds. The predicted molar refractivity (Wildman–Crippen MR) is 155 cm³/mol. The molecule has 5 aromatic rings. The Kier molecular flexibility index (Phi) is 8.50. The van der Waals surface area contributed by atoms with Gasteiger partial charge in [0.15, 0.2) is 5.65 Å². The largest absolute Gasteiger partial charge is 0.457 e. The first-order valence-electron chi connectivity index (χ1n) is 13.4. The van der Waals surface area contributed by atoms with Gasteiger partial charge in [-0.05, 0) is 61.2 Å². The van der Waals surface area contributed by atoms with Gasteiger partial charge in [0.1, 0.15) is 35.9 Å². The van der Waals surface area contributed by atoms with E-state index in [9.17, 15) is 4.79 Å². The summed E-state index contributed by atoms with van der Waals surface area (Å²) >= 11 is 0. The topological polar surface area (TPSA) is 117 Å². The molecule has 0 bridgehead atoms. The van der Waals surface area contributed by atoms with Crippen LogP contribution in [0.3, 0.4) is 0 Å². The average molecular weight is 537 g/mol. The van der Waals surface area contributed by atoms with Gasteiger partial charge in [-0.15, -0.1) is 0 Å². The van der Waals surface area contributed by atoms with Gasteiger partial charge in [-0.25, -0.2) is 19.4 Å². The van der Waals surface area contributed by atoms with Gasteiger partial charge in [-0.1, -0.05) is 55.5 Å². The molecule has 0 spiro atoms. The Morgan fingerprint density at radius 2 is 1.65 bits per heavy atom. The SMILES string of the molecule is CCC(CCCNC(=O)OCc1ccccc1)n1nc(-c2ccc(Oc3ccccc3)cc2)c2c(N)ncnc21. The Balaban J connectivity index is 1.26. The van der Waals surface area contributed by atoms with Crippen LogP contribution in [0.2, 0.25) is 0 Å². The summed E-state index contributed by atoms with van der Waals surface area (Å²) in [5.41, 5.74) is 9.57. The highest BCUT2D eigenvalue weighted by atomic mass is 16.5. The maximum absolute atomic E-state index is 12.1. The van der Waals surface area contributed by atoms with E-state index in [4.69, 9.17) is 20.3 Å². The number of nitrogens with one attached hydrogen (secondary N) is 1. The zero-order chi connectivity index (χ0) is 27.7. The van der Waals surface area contributed by atoms with Gasteiger partial charge in [-0.2, -0.15) is 5.10 Å². The van der Waals surface area contributed by atoms with Crippen molar-refractivity contribution in [2.45, 2.75) is 38.8 Å². The van der Waals surface area contributed by atoms with Crippen LogP contribution in [0.15, 0.2) is 91.3 Å². The maximum Gasteiger partial charge on any atom is 0.407 e. The smallest absolute Gasteiger partial charge is 0.407 e. The van der Waals surface area contributed by atoms with Crippen molar-refractivity contribution in [3.8, 4) is 22.8 Å². The van der Waals surface area contributed by atoms with Crippen LogP contribution in [0.1, 0.15) is 37.8 Å². The molecule has 9 heteroatoms. The minimum atomic E-state index is -0.427. The van der Waals surface area contributed by atoms with Crippen LogP contribution in [-0.4, -0.2) is 32.4 Å². The molecule has 0 aliphatic heterocycles. The van der Waals surface area contributed by atoms with E-state index in [0.29, 0.717) is 18.0 Å². The lowest BCUT2D eigenvalue weighted by Crippen LogP contribution is -2.25. The number of carbonyl (C=O) groups excluding carboxylic acids is 1. The van der Waals surface area contributed by atoms with Gasteiger partial charge < -0.3 is 20.5 Å². The van der Waals surface area contributed by atoms with Crippen LogP contribution in [0.25, 0.3) is 22.3 Å². The normalized spacial score (nSPS) is 11.7. The summed E-state index contributed by atoms with van der Waals surface area (Å²) in [4.78, 5) is 20.9. The van der Waals surface area contributed by atoms with Crippen LogP contribution in [0.5, 0.6) is 11.5 Å². The molecule has 1 atom stereocenters. The zero-order valence-electron chi connectivity index (χ0n) is 22.4. The van der Waals surface area contributed by atoms with Crippen LogP contribution in [0.4, 0.5) is 10.6 Å². The molecule has 9 nitrogen and oxygen atoms in total. The fourth-order valence-electron chi connectivity index (χ4n) is 4.56. The van der Waals surface area contributed by atoms with Crippen LogP contribution in [0, 0.1) is 0 Å². The molecular formula is C31H32N6O3. The molecule has 0 saturated heterocycles. The summed E-state index contributed by atoms with van der Waals surface area (Å²) in [7, 11) is 0. The number of fused-ring (bicyclic) bond motifs is 1. The number of anilines is 1. The van der Waals surface area contributed by atoms with Crippen molar-refractivity contribution >= 4 is 22.9 Å². The molecule has 204 valence electrons. The van der Waals surface area contributed by atoms with Crippen molar-refractivity contribution in [1.82, 2.24) is 25.1 Å². The Bertz CT molecular complexity index is 1540. The number of nitrogen functional groups attached to an aromatic ring is 1. The first kappa shape index (κ1) is 26.7. The molecule has 0 saturated carbocycles. The second-order valence-electron chi connectivity index (χ2n) is 9.38. The number of aromatic nitrogens is 4. The third-order valence-corrected chi connectivity index (χ3v) is 6.64. The number of ether oxygens (including phenoxy) is 2. The Morgan fingerprint density at radius 1 is 0.950 bits per heavy atom. The van der Waals surface area contributed by atoms with E-state index in [-0.39, 0.29) is 12.6 Å². The molecule has 2 aromatic heterocycles. The van der Waals surface area contributed by atoms with E-state index in [2.05, 4.69) is 22.2 Å². The van der Waals surface area contributed by atoms with Crippen molar-refractivity contribution in [2.75, 3.05) is 12.3 Å². The first-order chi connectivity index (χ1) is 19.6. The number of hydrogen-bond acceptors (Lipinski definition) is 7. The molecule has 0 radical (unpaired) electrons. The van der Waals surface area contributed by atoms with Crippen LogP contribution < -0.4 is 15.8 Å². The minimum absolute atomic E-state index is 0.0633. The molecule has 40 heavy (non-hydrogen) atoms. The summed E-state index contributed by atoms with van der Waals surface area (Å²) in [5.74, 6) is 1.88. The van der Waals surface area contributed by atoms with Crippen molar-refractivity contribution in [3.63, 3.8) is 0 Å². The highest BCUT2D eigenvalue weighted by Gasteiger charge is 2.21. The van der Waals surface area contributed by atoms with Gasteiger partial charge in [0.2, 0.25) is 0 Å². The minimum Gasteiger partial charge on any atom is -0.457 e. The van der Waals surface area contributed by atoms with Crippen molar-refractivity contribution in [2.24, 2.45) is 0 Å². The molecule has 3 aromatic carbocycles. The zero-order valence-corrected chi connectivity index (χ0v) is 22.4. The van der Waals surface area contributed by atoms with Crippen molar-refractivity contribution in [3.05, 3.63) is 96.8 Å². The van der Waals surface area contributed by atoms with E-state index in [1.165, 1.54) is 6.33 Å². The Morgan fingerprint density at radius 3 is 2.38 bits per heavy atom. The van der Waals surface area contributed by atoms with Gasteiger partial charge in [0.25, 0.3) is 0 Å². The lowest BCUT2D eigenvalue weighted by atomic mass is 10.1. The molecule has 1 unspecified atom stereocenters. The van der Waals surface area contributed by atoms with E-state index < -0.39 is 6.09 Å². The summed E-state index contributed by atoms with van der Waals surface area (Å²) < 4.78 is 13.2. The van der Waals surface area contributed by atoms with E-state index >= 15 is 0 Å². The summed E-state index contributed by atoms with van der Waals surface area (Å²) in [6.45, 7) is 2.85. The fourth-order valence-corrected chi connectivity index (χ4v) is 4.56. The summed E-state index contributed by atoms with van der Waals surface area (Å²) in [6.07, 6.45) is 3.42. The van der Waals surface area contributed by atoms with Gasteiger partial charge in [0, 0.05) is 12.1 Å². The second kappa shape index (κ2) is 12.8. The lowest BCUT2D eigenvalue weighted by Gasteiger charge is -2.16. The number of rotatable bonds is 11. The van der Waals surface area contributed by atoms with Gasteiger partial charge in [0.05, 0.1) is 11.4 Å². The number of alkyl carbamates (subject to hydrolysis) is 1. The first-order valence-corrected chi connectivity index (χ1v) is 13.4. The number of nitrogens with two attached hydrogens (primary N) is 1. The number of hydrogen-bond donors (Lipinski definition) is 2. The number of nitrogens with zero attached hydrogens (tertiary/aromatic N) is 4. The highest BCUT2D eigenvalue weighted by molar-refractivity contribution is 5.98. The van der Waals surface area contributed by atoms with Crippen molar-refractivity contribution in [1.29, 1.82) is 0 Å². The van der Waals surface area contributed by atoms with E-state index in [1.807, 2.05) is 89.6 Å². The predicted octanol–water partition coefficient (Wildman–Crippen LogP) is 6.53. The van der Waals surface area contributed by atoms with Crippen molar-refractivity contribution < 1.29 is 14.3 Å². The number of benzene rings is 3. The molecule has 0 aliphatic carbocycles. The third-order valence-electron chi connectivity index (χ3n) is 6.64. The summed E-state index contributed by atoms with van der Waals surface area (Å²) in [6, 6.07) is 27.1. The van der Waals surface area contributed by atoms with E-state index in [1.54, 1.807) is 0 Å².